The second-order valence-electron chi connectivity index (χ2n) is 6.78. The molecule has 0 saturated carbocycles. The number of carbonyl (C=O) groups excluding carboxylic acids is 2. The monoisotopic (exact) mass is 355 g/mol. The quantitative estimate of drug-likeness (QED) is 0.428. The normalized spacial score (nSPS) is 21.9. The van der Waals surface area contributed by atoms with Gasteiger partial charge in [-0.15, -0.1) is 0 Å². The molecule has 2 radical (unpaired) electrons. The van der Waals surface area contributed by atoms with Crippen molar-refractivity contribution in [2.24, 2.45) is 0 Å². The molecule has 0 N–H and O–H groups in total. The minimum atomic E-state index is -0.773. The number of hydrogen-bond donors (Lipinski definition) is 0. The molecule has 1 aromatic rings. The third-order valence-corrected chi connectivity index (χ3v) is 4.43. The summed E-state index contributed by atoms with van der Waals surface area (Å²) >= 11 is 0. The summed E-state index contributed by atoms with van der Waals surface area (Å²) in [4.78, 5) is 25.1. The number of amides is 1. The summed E-state index contributed by atoms with van der Waals surface area (Å²) in [6.07, 6.45) is 4.96. The zero-order valence-corrected chi connectivity index (χ0v) is 15.7. The Hall–Kier alpha value is -2.08. The van der Waals surface area contributed by atoms with Crippen LogP contribution in [0.1, 0.15) is 39.2 Å². The fraction of sp³-hybridized carbons (Fsp3) is 0.500. The Morgan fingerprint density at radius 3 is 2.58 bits per heavy atom. The Labute approximate surface area is 156 Å². The van der Waals surface area contributed by atoms with Gasteiger partial charge in [0.05, 0.1) is 25.2 Å². The summed E-state index contributed by atoms with van der Waals surface area (Å²) < 4.78 is 11.0. The van der Waals surface area contributed by atoms with E-state index >= 15 is 0 Å². The van der Waals surface area contributed by atoms with Crippen molar-refractivity contribution in [1.82, 2.24) is 4.90 Å². The Bertz CT molecular complexity index is 644. The lowest BCUT2D eigenvalue weighted by Gasteiger charge is -2.33. The van der Waals surface area contributed by atoms with Crippen molar-refractivity contribution >= 4 is 19.6 Å². The minimum absolute atomic E-state index is 0.169. The third-order valence-electron chi connectivity index (χ3n) is 4.43. The van der Waals surface area contributed by atoms with Crippen molar-refractivity contribution < 1.29 is 19.1 Å². The molecular weight excluding hydrogens is 329 g/mol. The maximum Gasteiger partial charge on any atom is 0.309 e. The number of benzene rings is 1. The second-order valence-corrected chi connectivity index (χ2v) is 6.78. The highest BCUT2D eigenvalue weighted by Crippen LogP contribution is 2.35. The van der Waals surface area contributed by atoms with Crippen molar-refractivity contribution in [3.05, 3.63) is 48.0 Å². The highest BCUT2D eigenvalue weighted by atomic mass is 16.5. The zero-order chi connectivity index (χ0) is 19.2. The van der Waals surface area contributed by atoms with E-state index in [9.17, 15) is 9.59 Å². The largest absolute Gasteiger partial charge is 0.466 e. The summed E-state index contributed by atoms with van der Waals surface area (Å²) in [6, 6.07) is 9.78. The number of hydrogen-bond acceptors (Lipinski definition) is 4. The molecule has 1 aliphatic rings. The number of nitrogens with zero attached hydrogens (tertiary/aromatic N) is 1. The van der Waals surface area contributed by atoms with Gasteiger partial charge in [0.1, 0.15) is 5.72 Å². The van der Waals surface area contributed by atoms with Crippen molar-refractivity contribution in [3.63, 3.8) is 0 Å². The molecule has 2 rings (SSSR count). The molecule has 0 unspecified atom stereocenters. The van der Waals surface area contributed by atoms with Gasteiger partial charge in [0.15, 0.2) is 5.81 Å². The molecule has 1 saturated heterocycles. The summed E-state index contributed by atoms with van der Waals surface area (Å²) in [5, 5.41) is 0. The van der Waals surface area contributed by atoms with Crippen LogP contribution in [0, 0.1) is 0 Å². The SMILES string of the molecule is [B]C(=O)N1[C@@H](Cc2ccccc2)[C@@H](CC=CCC(=O)OCC)OC1(C)C. The molecule has 0 spiro atoms. The molecule has 0 aromatic heterocycles. The van der Waals surface area contributed by atoms with E-state index in [0.717, 1.165) is 5.56 Å². The van der Waals surface area contributed by atoms with Gasteiger partial charge in [0.25, 0.3) is 0 Å². The van der Waals surface area contributed by atoms with Gasteiger partial charge in [-0.05, 0) is 39.2 Å². The van der Waals surface area contributed by atoms with E-state index in [4.69, 9.17) is 17.3 Å². The first-order valence-electron chi connectivity index (χ1n) is 8.96. The number of esters is 1. The lowest BCUT2D eigenvalue weighted by atomic mass is 9.95. The summed E-state index contributed by atoms with van der Waals surface area (Å²) in [5.74, 6) is -0.745. The molecule has 0 aliphatic carbocycles. The molecular formula is C20H26BNO4. The fourth-order valence-electron chi connectivity index (χ4n) is 3.41. The maximum atomic E-state index is 12.0. The topological polar surface area (TPSA) is 55.8 Å². The highest BCUT2D eigenvalue weighted by molar-refractivity contribution is 6.57. The lowest BCUT2D eigenvalue weighted by Crippen LogP contribution is -2.48. The molecule has 1 heterocycles. The first-order chi connectivity index (χ1) is 12.3. The number of carbonyl (C=O) groups is 2. The van der Waals surface area contributed by atoms with Crippen molar-refractivity contribution in [2.75, 3.05) is 6.61 Å². The Balaban J connectivity index is 2.10. The van der Waals surface area contributed by atoms with Crippen molar-refractivity contribution in [3.8, 4) is 0 Å². The van der Waals surface area contributed by atoms with Gasteiger partial charge < -0.3 is 14.4 Å². The number of rotatable bonds is 7. The Morgan fingerprint density at radius 1 is 1.27 bits per heavy atom. The van der Waals surface area contributed by atoms with Crippen molar-refractivity contribution in [2.45, 2.75) is 57.9 Å². The Kier molecular flexibility index (Phi) is 7.03. The molecule has 1 aromatic carbocycles. The molecule has 26 heavy (non-hydrogen) atoms. The van der Waals surface area contributed by atoms with Crippen LogP contribution in [0.3, 0.4) is 0 Å². The molecule has 0 bridgehead atoms. The molecule has 5 nitrogen and oxygen atoms in total. The zero-order valence-electron chi connectivity index (χ0n) is 15.7. The van der Waals surface area contributed by atoms with E-state index in [1.54, 1.807) is 17.9 Å². The van der Waals surface area contributed by atoms with Gasteiger partial charge in [-0.3, -0.25) is 9.59 Å². The van der Waals surface area contributed by atoms with Crippen LogP contribution in [0.2, 0.25) is 0 Å². The average Bonchev–Trinajstić information content (AvgIpc) is 2.83. The van der Waals surface area contributed by atoms with E-state index in [1.807, 2.05) is 50.3 Å². The predicted octanol–water partition coefficient (Wildman–Crippen LogP) is 3.22. The van der Waals surface area contributed by atoms with Crippen LogP contribution < -0.4 is 0 Å². The van der Waals surface area contributed by atoms with Gasteiger partial charge in [-0.25, -0.2) is 0 Å². The van der Waals surface area contributed by atoms with E-state index < -0.39 is 11.5 Å². The van der Waals surface area contributed by atoms with Gasteiger partial charge in [0.2, 0.25) is 7.85 Å². The molecule has 1 amide bonds. The van der Waals surface area contributed by atoms with Crippen LogP contribution in [0.15, 0.2) is 42.5 Å². The smallest absolute Gasteiger partial charge is 0.309 e. The van der Waals surface area contributed by atoms with Gasteiger partial charge in [-0.1, -0.05) is 42.5 Å². The van der Waals surface area contributed by atoms with E-state index in [1.165, 1.54) is 0 Å². The molecule has 2 atom stereocenters. The van der Waals surface area contributed by atoms with Crippen LogP contribution in [0.4, 0.5) is 4.79 Å². The maximum absolute atomic E-state index is 12.0. The molecule has 138 valence electrons. The van der Waals surface area contributed by atoms with E-state index in [-0.39, 0.29) is 24.5 Å². The predicted molar refractivity (Wildman–Crippen MR) is 101 cm³/mol. The van der Waals surface area contributed by atoms with Crippen LogP contribution in [0.5, 0.6) is 0 Å². The highest BCUT2D eigenvalue weighted by Gasteiger charge is 2.47. The summed E-state index contributed by atoms with van der Waals surface area (Å²) in [5.41, 5.74) is 0.343. The van der Waals surface area contributed by atoms with Crippen molar-refractivity contribution in [1.29, 1.82) is 0 Å². The van der Waals surface area contributed by atoms with Gasteiger partial charge >= 0.3 is 5.97 Å². The average molecular weight is 355 g/mol. The molecule has 6 heteroatoms. The standard InChI is InChI=1S/C20H26BNO4/c1-4-25-18(23)13-9-8-12-17-16(14-15-10-6-5-7-11-15)22(19(21)24)20(2,3)26-17/h5-11,16-17H,4,12-14H2,1-3H3/t16-,17+/m0/s1. The Morgan fingerprint density at radius 2 is 1.96 bits per heavy atom. The van der Waals surface area contributed by atoms with Crippen LogP contribution in [-0.4, -0.2) is 49.0 Å². The lowest BCUT2D eigenvalue weighted by molar-refractivity contribution is -0.142. The summed E-state index contributed by atoms with van der Waals surface area (Å²) in [7, 11) is 5.64. The number of ether oxygens (including phenoxy) is 2. The van der Waals surface area contributed by atoms with Crippen LogP contribution >= 0.6 is 0 Å². The van der Waals surface area contributed by atoms with Crippen LogP contribution in [-0.2, 0) is 20.7 Å². The second kappa shape index (κ2) is 9.03. The van der Waals surface area contributed by atoms with E-state index in [2.05, 4.69) is 0 Å². The molecule has 1 fully saturated rings. The first kappa shape index (κ1) is 20.2. The fourth-order valence-corrected chi connectivity index (χ4v) is 3.41. The summed E-state index contributed by atoms with van der Waals surface area (Å²) in [6.45, 7) is 5.85. The molecule has 1 aliphatic heterocycles. The minimum Gasteiger partial charge on any atom is -0.466 e. The van der Waals surface area contributed by atoms with Gasteiger partial charge in [0, 0.05) is 0 Å². The van der Waals surface area contributed by atoms with E-state index in [0.29, 0.717) is 19.4 Å². The third kappa shape index (κ3) is 5.21. The first-order valence-corrected chi connectivity index (χ1v) is 8.96. The van der Waals surface area contributed by atoms with Gasteiger partial charge in [-0.2, -0.15) is 0 Å². The van der Waals surface area contributed by atoms with Crippen LogP contribution in [0.25, 0.3) is 0 Å².